The topological polar surface area (TPSA) is 63.7 Å². The van der Waals surface area contributed by atoms with Crippen LogP contribution in [0, 0.1) is 6.92 Å². The number of nitrogens with zero attached hydrogens (tertiary/aromatic N) is 1. The van der Waals surface area contributed by atoms with Crippen molar-refractivity contribution < 1.29 is 17.9 Å². The van der Waals surface area contributed by atoms with E-state index in [1.54, 1.807) is 49.4 Å². The standard InChI is InChI=1S/C19H21NO4S/c1-4-13-20(25(22,23)18-11-9-15(3)10-12-18)17-8-6-7-16(14-17)19(21)24-5-2/h4,6-12,14H,1,5,13H2,2-3H3. The molecule has 0 fully saturated rings. The molecule has 0 heterocycles. The van der Waals surface area contributed by atoms with E-state index < -0.39 is 16.0 Å². The molecule has 0 saturated heterocycles. The van der Waals surface area contributed by atoms with E-state index in [0.717, 1.165) is 5.56 Å². The Balaban J connectivity index is 2.47. The maximum absolute atomic E-state index is 13.0. The van der Waals surface area contributed by atoms with Gasteiger partial charge in [-0.05, 0) is 44.2 Å². The smallest absolute Gasteiger partial charge is 0.338 e. The predicted molar refractivity (Wildman–Crippen MR) is 98.3 cm³/mol. The molecular weight excluding hydrogens is 338 g/mol. The van der Waals surface area contributed by atoms with Crippen molar-refractivity contribution in [2.75, 3.05) is 17.5 Å². The minimum Gasteiger partial charge on any atom is -0.462 e. The average Bonchev–Trinajstić information content (AvgIpc) is 2.60. The number of hydrogen-bond donors (Lipinski definition) is 0. The first-order valence-electron chi connectivity index (χ1n) is 7.87. The third kappa shape index (κ3) is 4.28. The zero-order valence-corrected chi connectivity index (χ0v) is 15.1. The molecule has 0 bridgehead atoms. The fourth-order valence-electron chi connectivity index (χ4n) is 2.30. The normalized spacial score (nSPS) is 11.0. The molecule has 0 N–H and O–H groups in total. The summed E-state index contributed by atoms with van der Waals surface area (Å²) in [5.41, 5.74) is 1.65. The van der Waals surface area contributed by atoms with E-state index in [-0.39, 0.29) is 18.0 Å². The van der Waals surface area contributed by atoms with E-state index in [0.29, 0.717) is 11.3 Å². The maximum atomic E-state index is 13.0. The Morgan fingerprint density at radius 1 is 1.20 bits per heavy atom. The van der Waals surface area contributed by atoms with Gasteiger partial charge in [-0.1, -0.05) is 29.8 Å². The molecule has 0 aliphatic rings. The van der Waals surface area contributed by atoms with Crippen LogP contribution in [0.5, 0.6) is 0 Å². The molecule has 0 aliphatic carbocycles. The third-order valence-corrected chi connectivity index (χ3v) is 5.36. The highest BCUT2D eigenvalue weighted by molar-refractivity contribution is 7.92. The molecule has 25 heavy (non-hydrogen) atoms. The van der Waals surface area contributed by atoms with E-state index >= 15 is 0 Å². The van der Waals surface area contributed by atoms with Crippen molar-refractivity contribution in [2.24, 2.45) is 0 Å². The van der Waals surface area contributed by atoms with Crippen LogP contribution >= 0.6 is 0 Å². The van der Waals surface area contributed by atoms with Gasteiger partial charge in [0.15, 0.2) is 0 Å². The fraction of sp³-hybridized carbons (Fsp3) is 0.211. The van der Waals surface area contributed by atoms with Crippen LogP contribution < -0.4 is 4.31 Å². The lowest BCUT2D eigenvalue weighted by Crippen LogP contribution is -2.31. The van der Waals surface area contributed by atoms with Crippen molar-refractivity contribution in [3.05, 3.63) is 72.3 Å². The molecule has 0 aliphatic heterocycles. The number of ether oxygens (including phenoxy) is 1. The van der Waals surface area contributed by atoms with Crippen molar-refractivity contribution in [3.63, 3.8) is 0 Å². The van der Waals surface area contributed by atoms with Crippen LogP contribution in [0.25, 0.3) is 0 Å². The Hall–Kier alpha value is -2.60. The Morgan fingerprint density at radius 3 is 2.48 bits per heavy atom. The van der Waals surface area contributed by atoms with Crippen molar-refractivity contribution in [1.82, 2.24) is 0 Å². The zero-order chi connectivity index (χ0) is 18.4. The number of aryl methyl sites for hydroxylation is 1. The quantitative estimate of drug-likeness (QED) is 0.560. The van der Waals surface area contributed by atoms with Gasteiger partial charge in [-0.15, -0.1) is 6.58 Å². The van der Waals surface area contributed by atoms with Crippen molar-refractivity contribution >= 4 is 21.7 Å². The molecule has 0 unspecified atom stereocenters. The minimum absolute atomic E-state index is 0.0858. The molecule has 6 heteroatoms. The number of anilines is 1. The summed E-state index contributed by atoms with van der Waals surface area (Å²) in [6.07, 6.45) is 1.50. The molecule has 0 radical (unpaired) electrons. The Bertz CT molecular complexity index is 857. The van der Waals surface area contributed by atoms with Crippen molar-refractivity contribution in [1.29, 1.82) is 0 Å². The number of sulfonamides is 1. The van der Waals surface area contributed by atoms with Gasteiger partial charge in [-0.2, -0.15) is 0 Å². The van der Waals surface area contributed by atoms with E-state index in [2.05, 4.69) is 6.58 Å². The Labute approximate surface area is 148 Å². The number of esters is 1. The first-order chi connectivity index (χ1) is 11.9. The van der Waals surface area contributed by atoms with Crippen molar-refractivity contribution in [2.45, 2.75) is 18.7 Å². The molecule has 0 atom stereocenters. The van der Waals surface area contributed by atoms with E-state index in [1.165, 1.54) is 16.4 Å². The van der Waals surface area contributed by atoms with Crippen LogP contribution in [-0.2, 0) is 14.8 Å². The molecule has 0 amide bonds. The lowest BCUT2D eigenvalue weighted by atomic mass is 10.2. The molecule has 0 saturated carbocycles. The molecule has 2 aromatic carbocycles. The maximum Gasteiger partial charge on any atom is 0.338 e. The van der Waals surface area contributed by atoms with Gasteiger partial charge in [0.25, 0.3) is 10.0 Å². The Morgan fingerprint density at radius 2 is 1.88 bits per heavy atom. The summed E-state index contributed by atoms with van der Waals surface area (Å²) in [5.74, 6) is -0.490. The van der Waals surface area contributed by atoms with Crippen LogP contribution in [0.4, 0.5) is 5.69 Å². The number of hydrogen-bond acceptors (Lipinski definition) is 4. The second-order valence-electron chi connectivity index (χ2n) is 5.41. The van der Waals surface area contributed by atoms with Crippen LogP contribution in [-0.4, -0.2) is 27.5 Å². The average molecular weight is 359 g/mol. The second-order valence-corrected chi connectivity index (χ2v) is 7.27. The van der Waals surface area contributed by atoms with Crippen LogP contribution in [0.3, 0.4) is 0 Å². The number of carbonyl (C=O) groups excluding carboxylic acids is 1. The summed E-state index contributed by atoms with van der Waals surface area (Å²) in [7, 11) is -3.78. The fourth-order valence-corrected chi connectivity index (χ4v) is 3.73. The summed E-state index contributed by atoms with van der Waals surface area (Å²) in [4.78, 5) is 12.1. The predicted octanol–water partition coefficient (Wildman–Crippen LogP) is 3.55. The summed E-state index contributed by atoms with van der Waals surface area (Å²) in [6.45, 7) is 7.58. The molecule has 5 nitrogen and oxygen atoms in total. The van der Waals surface area contributed by atoms with Crippen LogP contribution in [0.15, 0.2) is 66.1 Å². The van der Waals surface area contributed by atoms with Gasteiger partial charge in [0.05, 0.1) is 29.3 Å². The van der Waals surface area contributed by atoms with E-state index in [4.69, 9.17) is 4.74 Å². The highest BCUT2D eigenvalue weighted by Gasteiger charge is 2.24. The van der Waals surface area contributed by atoms with Gasteiger partial charge < -0.3 is 4.74 Å². The van der Waals surface area contributed by atoms with Gasteiger partial charge >= 0.3 is 5.97 Å². The second kappa shape index (κ2) is 7.98. The summed E-state index contributed by atoms with van der Waals surface area (Å²) < 4.78 is 32.2. The van der Waals surface area contributed by atoms with Crippen LogP contribution in [0.2, 0.25) is 0 Å². The zero-order valence-electron chi connectivity index (χ0n) is 14.3. The number of carbonyl (C=O) groups is 1. The van der Waals surface area contributed by atoms with Gasteiger partial charge in [0.1, 0.15) is 0 Å². The van der Waals surface area contributed by atoms with Gasteiger partial charge in [0, 0.05) is 0 Å². The summed E-state index contributed by atoms with van der Waals surface area (Å²) >= 11 is 0. The van der Waals surface area contributed by atoms with Gasteiger partial charge in [0.2, 0.25) is 0 Å². The lowest BCUT2D eigenvalue weighted by molar-refractivity contribution is 0.0526. The molecule has 132 valence electrons. The highest BCUT2D eigenvalue weighted by Crippen LogP contribution is 2.25. The molecule has 0 aromatic heterocycles. The summed E-state index contributed by atoms with van der Waals surface area (Å²) in [5, 5.41) is 0. The SMILES string of the molecule is C=CCN(c1cccc(C(=O)OCC)c1)S(=O)(=O)c1ccc(C)cc1. The lowest BCUT2D eigenvalue weighted by Gasteiger charge is -2.23. The monoisotopic (exact) mass is 359 g/mol. The molecular formula is C19H21NO4S. The number of benzene rings is 2. The minimum atomic E-state index is -3.78. The molecule has 2 aromatic rings. The first-order valence-corrected chi connectivity index (χ1v) is 9.31. The molecule has 0 spiro atoms. The highest BCUT2D eigenvalue weighted by atomic mass is 32.2. The third-order valence-electron chi connectivity index (χ3n) is 3.55. The van der Waals surface area contributed by atoms with E-state index in [9.17, 15) is 13.2 Å². The van der Waals surface area contributed by atoms with Gasteiger partial charge in [-0.25, -0.2) is 13.2 Å². The van der Waals surface area contributed by atoms with Crippen LogP contribution in [0.1, 0.15) is 22.8 Å². The Kier molecular flexibility index (Phi) is 5.98. The largest absolute Gasteiger partial charge is 0.462 e. The van der Waals surface area contributed by atoms with Gasteiger partial charge in [-0.3, -0.25) is 4.31 Å². The van der Waals surface area contributed by atoms with Crippen molar-refractivity contribution in [3.8, 4) is 0 Å². The summed E-state index contributed by atoms with van der Waals surface area (Å²) in [6, 6.07) is 13.0. The number of rotatable bonds is 7. The van der Waals surface area contributed by atoms with E-state index in [1.807, 2.05) is 6.92 Å². The first kappa shape index (κ1) is 18.7. The molecule has 2 rings (SSSR count).